The number of aryl methyl sites for hydroxylation is 1. The molecule has 0 aliphatic carbocycles. The highest BCUT2D eigenvalue weighted by Crippen LogP contribution is 2.27. The van der Waals surface area contributed by atoms with E-state index in [0.717, 1.165) is 23.2 Å². The summed E-state index contributed by atoms with van der Waals surface area (Å²) in [4.78, 5) is 12.0. The summed E-state index contributed by atoms with van der Waals surface area (Å²) in [5, 5.41) is 15.1. The van der Waals surface area contributed by atoms with Gasteiger partial charge in [-0.3, -0.25) is 4.79 Å². The van der Waals surface area contributed by atoms with Gasteiger partial charge in [-0.25, -0.2) is 0 Å². The van der Waals surface area contributed by atoms with E-state index in [-0.39, 0.29) is 11.5 Å². The van der Waals surface area contributed by atoms with E-state index >= 15 is 0 Å². The van der Waals surface area contributed by atoms with E-state index in [9.17, 15) is 10.1 Å². The number of hydrogen-bond acceptors (Lipinski definition) is 4. The van der Waals surface area contributed by atoms with Crippen LogP contribution in [0.4, 0.5) is 5.69 Å². The van der Waals surface area contributed by atoms with Crippen LogP contribution in [0, 0.1) is 18.3 Å². The van der Waals surface area contributed by atoms with Crippen molar-refractivity contribution < 1.29 is 9.53 Å². The maximum absolute atomic E-state index is 12.0. The zero-order chi connectivity index (χ0) is 17.9. The molecule has 0 fully saturated rings. The van der Waals surface area contributed by atoms with Gasteiger partial charge in [0.2, 0.25) is 0 Å². The Hall–Kier alpha value is -2.32. The number of anilines is 1. The highest BCUT2D eigenvalue weighted by atomic mass is 16.5. The van der Waals surface area contributed by atoms with E-state index in [1.165, 1.54) is 6.20 Å². The van der Waals surface area contributed by atoms with Crippen molar-refractivity contribution in [2.45, 2.75) is 40.0 Å². The van der Waals surface area contributed by atoms with Crippen molar-refractivity contribution in [2.75, 3.05) is 25.1 Å². The van der Waals surface area contributed by atoms with Gasteiger partial charge in [0.25, 0.3) is 5.91 Å². The minimum absolute atomic E-state index is 0.0596. The molecule has 0 radical (unpaired) electrons. The van der Waals surface area contributed by atoms with Crippen LogP contribution in [-0.2, 0) is 9.53 Å². The van der Waals surface area contributed by atoms with Crippen LogP contribution in [0.3, 0.4) is 0 Å². The Morgan fingerprint density at radius 2 is 2.17 bits per heavy atom. The van der Waals surface area contributed by atoms with E-state index in [2.05, 4.69) is 24.5 Å². The van der Waals surface area contributed by atoms with Crippen LogP contribution in [0.5, 0.6) is 0 Å². The number of rotatable bonds is 9. The molecule has 0 aliphatic heterocycles. The Morgan fingerprint density at radius 3 is 2.79 bits per heavy atom. The van der Waals surface area contributed by atoms with Gasteiger partial charge in [-0.05, 0) is 37.3 Å². The maximum atomic E-state index is 12.0. The van der Waals surface area contributed by atoms with Gasteiger partial charge in [0, 0.05) is 31.6 Å². The molecule has 1 aromatic carbocycles. The number of nitrogens with one attached hydrogen (secondary N) is 2. The molecular weight excluding hydrogens is 302 g/mol. The third-order valence-corrected chi connectivity index (χ3v) is 3.61. The summed E-state index contributed by atoms with van der Waals surface area (Å²) in [6, 6.07) is 8.01. The van der Waals surface area contributed by atoms with Gasteiger partial charge in [-0.1, -0.05) is 32.0 Å². The fraction of sp³-hybridized carbons (Fsp3) is 0.474. The second-order valence-electron chi connectivity index (χ2n) is 5.81. The Balaban J connectivity index is 2.73. The molecule has 5 nitrogen and oxygen atoms in total. The second-order valence-corrected chi connectivity index (χ2v) is 5.81. The van der Waals surface area contributed by atoms with Crippen LogP contribution >= 0.6 is 0 Å². The molecule has 24 heavy (non-hydrogen) atoms. The summed E-state index contributed by atoms with van der Waals surface area (Å²) >= 11 is 0. The third kappa shape index (κ3) is 6.05. The largest absolute Gasteiger partial charge is 0.382 e. The van der Waals surface area contributed by atoms with E-state index in [1.54, 1.807) is 0 Å². The molecular formula is C19H27N3O2. The molecule has 0 aromatic heterocycles. The minimum atomic E-state index is -0.374. The molecule has 0 unspecified atom stereocenters. The normalized spacial score (nSPS) is 11.2. The summed E-state index contributed by atoms with van der Waals surface area (Å²) in [6.45, 7) is 9.90. The lowest BCUT2D eigenvalue weighted by Gasteiger charge is -2.15. The number of carbonyl (C=O) groups excluding carboxylic acids is 1. The first-order chi connectivity index (χ1) is 11.5. The molecule has 0 heterocycles. The lowest BCUT2D eigenvalue weighted by Crippen LogP contribution is -2.26. The number of amides is 1. The predicted molar refractivity (Wildman–Crippen MR) is 96.7 cm³/mol. The van der Waals surface area contributed by atoms with Gasteiger partial charge in [0.15, 0.2) is 0 Å². The molecule has 0 saturated heterocycles. The molecule has 0 spiro atoms. The van der Waals surface area contributed by atoms with Gasteiger partial charge >= 0.3 is 0 Å². The van der Waals surface area contributed by atoms with Gasteiger partial charge < -0.3 is 15.4 Å². The predicted octanol–water partition coefficient (Wildman–Crippen LogP) is 3.48. The van der Waals surface area contributed by atoms with E-state index in [4.69, 9.17) is 4.74 Å². The van der Waals surface area contributed by atoms with Crippen LogP contribution in [0.2, 0.25) is 0 Å². The monoisotopic (exact) mass is 329 g/mol. The molecule has 0 saturated carbocycles. The molecule has 0 aliphatic rings. The molecule has 1 aromatic rings. The first-order valence-corrected chi connectivity index (χ1v) is 8.33. The van der Waals surface area contributed by atoms with Gasteiger partial charge in [-0.15, -0.1) is 0 Å². The highest BCUT2D eigenvalue weighted by Gasteiger charge is 2.11. The summed E-state index contributed by atoms with van der Waals surface area (Å²) in [5.74, 6) is -0.0279. The topological polar surface area (TPSA) is 74.1 Å². The summed E-state index contributed by atoms with van der Waals surface area (Å²) in [5.41, 5.74) is 3.24. The number of hydrogen-bond donors (Lipinski definition) is 2. The first kappa shape index (κ1) is 19.7. The van der Waals surface area contributed by atoms with Crippen molar-refractivity contribution in [1.29, 1.82) is 5.26 Å². The smallest absolute Gasteiger partial charge is 0.263 e. The zero-order valence-electron chi connectivity index (χ0n) is 15.0. The number of benzene rings is 1. The molecule has 2 N–H and O–H groups in total. The van der Waals surface area contributed by atoms with Crippen molar-refractivity contribution in [2.24, 2.45) is 0 Å². The van der Waals surface area contributed by atoms with Crippen molar-refractivity contribution in [3.8, 4) is 6.07 Å². The zero-order valence-corrected chi connectivity index (χ0v) is 15.0. The highest BCUT2D eigenvalue weighted by molar-refractivity contribution is 5.97. The fourth-order valence-electron chi connectivity index (χ4n) is 2.28. The Bertz CT molecular complexity index is 616. The fourth-order valence-corrected chi connectivity index (χ4v) is 2.28. The first-order valence-electron chi connectivity index (χ1n) is 8.33. The van der Waals surface area contributed by atoms with Gasteiger partial charge in [0.1, 0.15) is 11.6 Å². The average Bonchev–Trinajstić information content (AvgIpc) is 2.56. The summed E-state index contributed by atoms with van der Waals surface area (Å²) in [6.07, 6.45) is 2.20. The third-order valence-electron chi connectivity index (χ3n) is 3.61. The molecule has 1 amide bonds. The van der Waals surface area contributed by atoms with Crippen LogP contribution in [0.15, 0.2) is 30.0 Å². The van der Waals surface area contributed by atoms with Crippen LogP contribution < -0.4 is 10.6 Å². The summed E-state index contributed by atoms with van der Waals surface area (Å²) < 4.78 is 5.21. The molecule has 1 rings (SSSR count). The Kier molecular flexibility index (Phi) is 8.59. The Morgan fingerprint density at radius 1 is 1.42 bits per heavy atom. The maximum Gasteiger partial charge on any atom is 0.263 e. The molecule has 130 valence electrons. The van der Waals surface area contributed by atoms with Crippen LogP contribution in [-0.4, -0.2) is 25.7 Å². The number of ether oxygens (including phenoxy) is 1. The van der Waals surface area contributed by atoms with Gasteiger partial charge in [-0.2, -0.15) is 5.26 Å². The molecule has 5 heteroatoms. The Labute approximate surface area is 144 Å². The van der Waals surface area contributed by atoms with E-state index in [0.29, 0.717) is 25.7 Å². The second kappa shape index (κ2) is 10.5. The van der Waals surface area contributed by atoms with Crippen LogP contribution in [0.25, 0.3) is 0 Å². The number of para-hydroxylation sites is 1. The quantitative estimate of drug-likeness (QED) is 0.413. The lowest BCUT2D eigenvalue weighted by molar-refractivity contribution is -0.117. The summed E-state index contributed by atoms with van der Waals surface area (Å²) in [7, 11) is 0. The average molecular weight is 329 g/mol. The van der Waals surface area contributed by atoms with E-state index < -0.39 is 0 Å². The van der Waals surface area contributed by atoms with E-state index in [1.807, 2.05) is 38.1 Å². The molecule has 0 bridgehead atoms. The van der Waals surface area contributed by atoms with Crippen molar-refractivity contribution in [3.63, 3.8) is 0 Å². The number of carbonyl (C=O) groups is 1. The standard InChI is InChI=1S/C19H27N3O2/c1-5-24-11-7-10-21-19(23)16(12-20)13-22-18-15(4)8-6-9-17(18)14(2)3/h6,8-9,13-14,22H,5,7,10-11H2,1-4H3,(H,21,23)/b16-13-. The van der Waals surface area contributed by atoms with Crippen molar-refractivity contribution in [1.82, 2.24) is 5.32 Å². The number of nitrogens with zero attached hydrogens (tertiary/aromatic N) is 1. The minimum Gasteiger partial charge on any atom is -0.382 e. The van der Waals surface area contributed by atoms with Gasteiger partial charge in [0.05, 0.1) is 0 Å². The van der Waals surface area contributed by atoms with Crippen molar-refractivity contribution >= 4 is 11.6 Å². The molecule has 0 atom stereocenters. The van der Waals surface area contributed by atoms with Crippen LogP contribution in [0.1, 0.15) is 44.2 Å². The van der Waals surface area contributed by atoms with Crippen molar-refractivity contribution in [3.05, 3.63) is 41.1 Å². The number of nitriles is 1. The SMILES string of the molecule is CCOCCCNC(=O)/C(C#N)=C\Nc1c(C)cccc1C(C)C. The lowest BCUT2D eigenvalue weighted by atomic mass is 9.98.